The predicted molar refractivity (Wildman–Crippen MR) is 189 cm³/mol. The molecule has 0 saturated carbocycles. The molecular weight excluding hydrogens is 564 g/mol. The van der Waals surface area contributed by atoms with Crippen LogP contribution < -0.4 is 0 Å². The average Bonchev–Trinajstić information content (AvgIpc) is 3.05. The molecule has 3 atom stereocenters. The minimum Gasteiger partial charge on any atom is -0.465 e. The Labute approximate surface area is 279 Å². The summed E-state index contributed by atoms with van der Waals surface area (Å²) in [4.78, 5) is 17.9. The van der Waals surface area contributed by atoms with Gasteiger partial charge in [0.2, 0.25) is 0 Å². The van der Waals surface area contributed by atoms with Crippen molar-refractivity contribution in [2.24, 2.45) is 23.2 Å². The van der Waals surface area contributed by atoms with Gasteiger partial charge in [0.25, 0.3) is 0 Å². The number of ether oxygens (including phenoxy) is 4. The van der Waals surface area contributed by atoms with Crippen LogP contribution in [0.4, 0.5) is 0 Å². The number of nitrogens with zero attached hydrogens (tertiary/aromatic N) is 2. The Kier molecular flexibility index (Phi) is 25.6. The Bertz CT molecular complexity index is 630. The summed E-state index contributed by atoms with van der Waals surface area (Å²) in [7, 11) is 2.17. The summed E-state index contributed by atoms with van der Waals surface area (Å²) in [6.07, 6.45) is 15.5. The van der Waals surface area contributed by atoms with Crippen LogP contribution in [0, 0.1) is 23.2 Å². The van der Waals surface area contributed by atoms with E-state index in [4.69, 9.17) is 18.9 Å². The standard InChI is InChI=1S/C38H76N2O5/c1-8-14-18-34(11-4)27-42-30-38(31-43-28-35(12-5)19-15-9-2,32-44-29-36(13-6)20-16-10-3)33-45-37(41)21-17-22-40-25-23-39(7)24-26-40/h34-36H,8-33H2,1-7H3. The van der Waals surface area contributed by atoms with Crippen LogP contribution in [-0.4, -0.2) is 102 Å². The van der Waals surface area contributed by atoms with Crippen molar-refractivity contribution < 1.29 is 23.7 Å². The van der Waals surface area contributed by atoms with Crippen LogP contribution in [0.5, 0.6) is 0 Å². The average molecular weight is 641 g/mol. The monoisotopic (exact) mass is 641 g/mol. The van der Waals surface area contributed by atoms with Crippen molar-refractivity contribution in [3.63, 3.8) is 0 Å². The first-order chi connectivity index (χ1) is 21.8. The first-order valence-electron chi connectivity index (χ1n) is 19.1. The van der Waals surface area contributed by atoms with Gasteiger partial charge in [0, 0.05) is 52.4 Å². The molecule has 0 aromatic rings. The highest BCUT2D eigenvalue weighted by Crippen LogP contribution is 2.25. The van der Waals surface area contributed by atoms with E-state index in [-0.39, 0.29) is 12.6 Å². The van der Waals surface area contributed by atoms with E-state index in [2.05, 4.69) is 58.4 Å². The van der Waals surface area contributed by atoms with Gasteiger partial charge < -0.3 is 28.7 Å². The Morgan fingerprint density at radius 2 is 1.04 bits per heavy atom. The molecule has 0 radical (unpaired) electrons. The molecule has 1 aliphatic heterocycles. The molecule has 1 rings (SSSR count). The van der Waals surface area contributed by atoms with Crippen LogP contribution in [0.2, 0.25) is 0 Å². The van der Waals surface area contributed by atoms with Gasteiger partial charge >= 0.3 is 5.97 Å². The van der Waals surface area contributed by atoms with E-state index in [9.17, 15) is 4.79 Å². The van der Waals surface area contributed by atoms with E-state index in [0.29, 0.717) is 44.0 Å². The maximum atomic E-state index is 13.1. The first-order valence-corrected chi connectivity index (χ1v) is 19.1. The summed E-state index contributed by atoms with van der Waals surface area (Å²) in [6.45, 7) is 22.8. The fourth-order valence-corrected chi connectivity index (χ4v) is 6.09. The fraction of sp³-hybridized carbons (Fsp3) is 0.974. The molecule has 0 bridgehead atoms. The Morgan fingerprint density at radius 3 is 1.42 bits per heavy atom. The number of hydrogen-bond donors (Lipinski definition) is 0. The molecule has 1 heterocycles. The quantitative estimate of drug-likeness (QED) is 0.0733. The number of carbonyl (C=O) groups excluding carboxylic acids is 1. The maximum absolute atomic E-state index is 13.1. The van der Waals surface area contributed by atoms with E-state index in [1.54, 1.807) is 0 Å². The third-order valence-corrected chi connectivity index (χ3v) is 9.91. The number of esters is 1. The molecule has 1 saturated heterocycles. The summed E-state index contributed by atoms with van der Waals surface area (Å²) >= 11 is 0. The molecule has 3 unspecified atom stereocenters. The molecule has 0 spiro atoms. The third-order valence-electron chi connectivity index (χ3n) is 9.91. The number of carbonyl (C=O) groups is 1. The Morgan fingerprint density at radius 1 is 0.622 bits per heavy atom. The third kappa shape index (κ3) is 20.3. The number of rotatable bonds is 30. The first kappa shape index (κ1) is 42.3. The van der Waals surface area contributed by atoms with Crippen molar-refractivity contribution in [1.29, 1.82) is 0 Å². The van der Waals surface area contributed by atoms with Crippen molar-refractivity contribution in [1.82, 2.24) is 9.80 Å². The van der Waals surface area contributed by atoms with Gasteiger partial charge in [-0.2, -0.15) is 0 Å². The van der Waals surface area contributed by atoms with E-state index >= 15 is 0 Å². The molecule has 0 amide bonds. The molecule has 7 nitrogen and oxygen atoms in total. The van der Waals surface area contributed by atoms with Gasteiger partial charge in [0.1, 0.15) is 6.61 Å². The van der Waals surface area contributed by atoms with Gasteiger partial charge in [0.05, 0.1) is 25.2 Å². The highest BCUT2D eigenvalue weighted by Gasteiger charge is 2.35. The summed E-state index contributed by atoms with van der Waals surface area (Å²) in [6, 6.07) is 0. The SMILES string of the molecule is CCCCC(CC)COCC(COCC(CC)CCCC)(COCC(CC)CCCC)COC(=O)CCCN1CCN(C)CC1. The smallest absolute Gasteiger partial charge is 0.305 e. The molecule has 1 aliphatic rings. The van der Waals surface area contributed by atoms with Crippen molar-refractivity contribution in [2.75, 3.05) is 86.0 Å². The second-order valence-corrected chi connectivity index (χ2v) is 14.2. The lowest BCUT2D eigenvalue weighted by atomic mass is 9.91. The van der Waals surface area contributed by atoms with Crippen molar-refractivity contribution in [3.8, 4) is 0 Å². The fourth-order valence-electron chi connectivity index (χ4n) is 6.09. The molecule has 45 heavy (non-hydrogen) atoms. The van der Waals surface area contributed by atoms with Crippen LogP contribution in [0.1, 0.15) is 131 Å². The number of hydrogen-bond acceptors (Lipinski definition) is 7. The van der Waals surface area contributed by atoms with Crippen molar-refractivity contribution >= 4 is 5.97 Å². The van der Waals surface area contributed by atoms with E-state index < -0.39 is 5.41 Å². The Hall–Kier alpha value is -0.730. The number of piperazine rings is 1. The molecule has 7 heteroatoms. The van der Waals surface area contributed by atoms with Crippen LogP contribution in [0.3, 0.4) is 0 Å². The normalized spacial score (nSPS) is 18.0. The van der Waals surface area contributed by atoms with Crippen molar-refractivity contribution in [3.05, 3.63) is 0 Å². The van der Waals surface area contributed by atoms with Gasteiger partial charge in [-0.1, -0.05) is 99.3 Å². The predicted octanol–water partition coefficient (Wildman–Crippen LogP) is 8.24. The molecule has 0 aromatic carbocycles. The summed E-state index contributed by atoms with van der Waals surface area (Å²) in [5.41, 5.74) is -0.512. The van der Waals surface area contributed by atoms with Gasteiger partial charge in [0.15, 0.2) is 0 Å². The molecule has 0 aromatic heterocycles. The van der Waals surface area contributed by atoms with Crippen LogP contribution in [0.15, 0.2) is 0 Å². The lowest BCUT2D eigenvalue weighted by Gasteiger charge is -2.34. The van der Waals surface area contributed by atoms with Gasteiger partial charge in [-0.15, -0.1) is 0 Å². The minimum atomic E-state index is -0.512. The van der Waals surface area contributed by atoms with Crippen LogP contribution in [0.25, 0.3) is 0 Å². The number of unbranched alkanes of at least 4 members (excludes halogenated alkanes) is 3. The summed E-state index contributed by atoms with van der Waals surface area (Å²) in [5.74, 6) is 1.54. The van der Waals surface area contributed by atoms with E-state index in [1.807, 2.05) is 0 Å². The van der Waals surface area contributed by atoms with E-state index in [0.717, 1.165) is 78.2 Å². The van der Waals surface area contributed by atoms with Crippen molar-refractivity contribution in [2.45, 2.75) is 131 Å². The zero-order valence-electron chi connectivity index (χ0n) is 31.1. The zero-order chi connectivity index (χ0) is 33.2. The van der Waals surface area contributed by atoms with Gasteiger partial charge in [-0.3, -0.25) is 4.79 Å². The molecular formula is C38H76N2O5. The topological polar surface area (TPSA) is 60.5 Å². The Balaban J connectivity index is 2.94. The molecule has 0 aliphatic carbocycles. The second-order valence-electron chi connectivity index (χ2n) is 14.2. The summed E-state index contributed by atoms with van der Waals surface area (Å²) < 4.78 is 25.5. The number of likely N-dealkylation sites (N-methyl/N-ethyl adjacent to an activating group) is 1. The lowest BCUT2D eigenvalue weighted by molar-refractivity contribution is -0.157. The molecule has 0 N–H and O–H groups in total. The molecule has 268 valence electrons. The lowest BCUT2D eigenvalue weighted by Crippen LogP contribution is -2.44. The van der Waals surface area contributed by atoms with Gasteiger partial charge in [-0.05, 0) is 57.0 Å². The minimum absolute atomic E-state index is 0.119. The maximum Gasteiger partial charge on any atom is 0.305 e. The largest absolute Gasteiger partial charge is 0.465 e. The second kappa shape index (κ2) is 27.2. The highest BCUT2D eigenvalue weighted by molar-refractivity contribution is 5.69. The highest BCUT2D eigenvalue weighted by atomic mass is 16.5. The summed E-state index contributed by atoms with van der Waals surface area (Å²) in [5, 5.41) is 0. The van der Waals surface area contributed by atoms with Crippen LogP contribution in [-0.2, 0) is 23.7 Å². The zero-order valence-corrected chi connectivity index (χ0v) is 31.1. The van der Waals surface area contributed by atoms with Crippen LogP contribution >= 0.6 is 0 Å². The van der Waals surface area contributed by atoms with E-state index in [1.165, 1.54) is 57.8 Å². The van der Waals surface area contributed by atoms with Gasteiger partial charge in [-0.25, -0.2) is 0 Å². The molecule has 1 fully saturated rings.